The number of halogens is 1. The topological polar surface area (TPSA) is 67.2 Å². The number of hydrogen-bond donors (Lipinski definition) is 2. The number of amides is 1. The van der Waals surface area contributed by atoms with Crippen molar-refractivity contribution in [3.63, 3.8) is 0 Å². The molecule has 0 bridgehead atoms. The fourth-order valence-electron chi connectivity index (χ4n) is 3.81. The summed E-state index contributed by atoms with van der Waals surface area (Å²) in [6.07, 6.45) is 7.16. The average molecular weight is 448 g/mol. The summed E-state index contributed by atoms with van der Waals surface area (Å²) in [7, 11) is 1.63. The number of benzene rings is 2. The van der Waals surface area contributed by atoms with Gasteiger partial charge in [-0.3, -0.25) is 4.79 Å². The Balaban J connectivity index is 1.68. The summed E-state index contributed by atoms with van der Waals surface area (Å²) in [6, 6.07) is 17.1. The van der Waals surface area contributed by atoms with Gasteiger partial charge < -0.3 is 10.4 Å². The molecule has 5 nitrogen and oxygen atoms in total. The van der Waals surface area contributed by atoms with Crippen molar-refractivity contribution in [2.24, 2.45) is 0 Å². The van der Waals surface area contributed by atoms with Crippen LogP contribution in [-0.2, 0) is 5.60 Å². The fraction of sp³-hybridized carbons (Fsp3) is 0.231. The Hall–Kier alpha value is -3.15. The average Bonchev–Trinajstić information content (AvgIpc) is 3.25. The minimum atomic E-state index is -1.08. The summed E-state index contributed by atoms with van der Waals surface area (Å²) in [5, 5.41) is 18.5. The van der Waals surface area contributed by atoms with Crippen LogP contribution in [0.25, 0.3) is 11.3 Å². The predicted octanol–water partition coefficient (Wildman–Crippen LogP) is 5.24. The van der Waals surface area contributed by atoms with Crippen molar-refractivity contribution in [3.8, 4) is 5.69 Å². The Kier molecular flexibility index (Phi) is 6.04. The first kappa shape index (κ1) is 22.1. The Morgan fingerprint density at radius 1 is 1.19 bits per heavy atom. The van der Waals surface area contributed by atoms with E-state index in [9.17, 15) is 9.90 Å². The first-order chi connectivity index (χ1) is 15.3. The Bertz CT molecular complexity index is 1220. The van der Waals surface area contributed by atoms with Gasteiger partial charge in [0.2, 0.25) is 0 Å². The highest BCUT2D eigenvalue weighted by atomic mass is 35.5. The molecule has 0 saturated carbocycles. The van der Waals surface area contributed by atoms with Crippen molar-refractivity contribution in [3.05, 3.63) is 100 Å². The van der Waals surface area contributed by atoms with E-state index in [-0.39, 0.29) is 11.8 Å². The summed E-state index contributed by atoms with van der Waals surface area (Å²) >= 11 is 6.46. The zero-order valence-electron chi connectivity index (χ0n) is 18.3. The number of nitrogens with zero attached hydrogens (tertiary/aromatic N) is 2. The monoisotopic (exact) mass is 447 g/mol. The van der Waals surface area contributed by atoms with E-state index in [0.717, 1.165) is 28.9 Å². The molecule has 3 aromatic rings. The van der Waals surface area contributed by atoms with Crippen LogP contribution in [0.5, 0.6) is 0 Å². The van der Waals surface area contributed by atoms with Crippen LogP contribution in [0, 0.1) is 0 Å². The van der Waals surface area contributed by atoms with Crippen molar-refractivity contribution >= 4 is 23.1 Å². The van der Waals surface area contributed by atoms with Gasteiger partial charge in [-0.25, -0.2) is 4.68 Å². The van der Waals surface area contributed by atoms with Crippen LogP contribution >= 0.6 is 11.6 Å². The molecule has 1 atom stereocenters. The molecular weight excluding hydrogens is 422 g/mol. The van der Waals surface area contributed by atoms with Gasteiger partial charge in [0.05, 0.1) is 22.1 Å². The number of para-hydroxylation sites is 1. The molecule has 0 spiro atoms. The van der Waals surface area contributed by atoms with E-state index in [1.54, 1.807) is 25.6 Å². The Morgan fingerprint density at radius 3 is 2.62 bits per heavy atom. The molecule has 0 radical (unpaired) electrons. The van der Waals surface area contributed by atoms with Crippen molar-refractivity contribution in [1.29, 1.82) is 0 Å². The Morgan fingerprint density at radius 2 is 1.97 bits per heavy atom. The van der Waals surface area contributed by atoms with Crippen molar-refractivity contribution in [2.45, 2.75) is 31.8 Å². The molecule has 1 unspecified atom stereocenters. The van der Waals surface area contributed by atoms with Gasteiger partial charge in [0.1, 0.15) is 5.60 Å². The quantitative estimate of drug-likeness (QED) is 0.562. The predicted molar refractivity (Wildman–Crippen MR) is 128 cm³/mol. The molecule has 2 N–H and O–H groups in total. The van der Waals surface area contributed by atoms with Crippen LogP contribution in [0.2, 0.25) is 5.02 Å². The van der Waals surface area contributed by atoms with E-state index in [1.807, 2.05) is 54.6 Å². The minimum absolute atomic E-state index is 0.0920. The zero-order chi connectivity index (χ0) is 22.9. The van der Waals surface area contributed by atoms with Crippen LogP contribution in [0.15, 0.2) is 72.8 Å². The lowest BCUT2D eigenvalue weighted by molar-refractivity contribution is 0.0734. The highest BCUT2D eigenvalue weighted by molar-refractivity contribution is 6.32. The lowest BCUT2D eigenvalue weighted by Crippen LogP contribution is -2.18. The fourth-order valence-corrected chi connectivity index (χ4v) is 4.02. The highest BCUT2D eigenvalue weighted by Crippen LogP contribution is 2.34. The van der Waals surface area contributed by atoms with Crippen LogP contribution < -0.4 is 5.32 Å². The molecule has 0 aliphatic heterocycles. The zero-order valence-corrected chi connectivity index (χ0v) is 19.1. The smallest absolute Gasteiger partial charge is 0.251 e. The molecule has 0 fully saturated rings. The van der Waals surface area contributed by atoms with Crippen LogP contribution in [0.4, 0.5) is 0 Å². The van der Waals surface area contributed by atoms with Gasteiger partial charge in [-0.05, 0) is 61.7 Å². The molecule has 2 aromatic carbocycles. The highest BCUT2D eigenvalue weighted by Gasteiger charge is 2.25. The number of aliphatic hydroxyl groups is 1. The molecule has 32 heavy (non-hydrogen) atoms. The largest absolute Gasteiger partial charge is 0.384 e. The number of aromatic nitrogens is 2. The summed E-state index contributed by atoms with van der Waals surface area (Å²) < 4.78 is 1.79. The molecule has 4 rings (SSSR count). The van der Waals surface area contributed by atoms with E-state index in [1.165, 1.54) is 0 Å². The number of nitrogens with one attached hydrogen (secondary N) is 1. The third kappa shape index (κ3) is 4.40. The minimum Gasteiger partial charge on any atom is -0.384 e. The maximum atomic E-state index is 12.0. The molecule has 1 aromatic heterocycles. The second-order valence-corrected chi connectivity index (χ2v) is 8.81. The van der Waals surface area contributed by atoms with Gasteiger partial charge >= 0.3 is 0 Å². The summed E-state index contributed by atoms with van der Waals surface area (Å²) in [6.45, 7) is 3.44. The van der Waals surface area contributed by atoms with Gasteiger partial charge in [0.15, 0.2) is 0 Å². The number of rotatable bonds is 5. The third-order valence-corrected chi connectivity index (χ3v) is 5.94. The van der Waals surface area contributed by atoms with Crippen LogP contribution in [0.3, 0.4) is 0 Å². The van der Waals surface area contributed by atoms with Crippen molar-refractivity contribution in [1.82, 2.24) is 15.1 Å². The summed E-state index contributed by atoms with van der Waals surface area (Å²) in [4.78, 5) is 12.0. The number of hydrogen-bond acceptors (Lipinski definition) is 3. The van der Waals surface area contributed by atoms with E-state index in [0.29, 0.717) is 16.3 Å². The van der Waals surface area contributed by atoms with Gasteiger partial charge in [-0.1, -0.05) is 54.1 Å². The second-order valence-electron chi connectivity index (χ2n) is 8.40. The van der Waals surface area contributed by atoms with E-state index in [2.05, 4.69) is 28.6 Å². The SMILES string of the molecule is CNC(=O)c1cccc(C2C=CC(c3cc(C(C)(C)O)nn3-c3ccccc3Cl)=CC2)c1. The van der Waals surface area contributed by atoms with E-state index < -0.39 is 5.60 Å². The molecule has 1 heterocycles. The van der Waals surface area contributed by atoms with Crippen LogP contribution in [-0.4, -0.2) is 27.8 Å². The standard InChI is InChI=1S/C26H26ClN3O2/c1-26(2,32)24-16-23(30(29-24)22-10-5-4-9-21(22)27)18-13-11-17(12-14-18)19-7-6-8-20(15-19)25(31)28-3/h4-11,13-17,32H,12H2,1-3H3,(H,28,31). The Labute approximate surface area is 193 Å². The third-order valence-electron chi connectivity index (χ3n) is 5.62. The van der Waals surface area contributed by atoms with Gasteiger partial charge in [-0.15, -0.1) is 0 Å². The lowest BCUT2D eigenvalue weighted by Gasteiger charge is -2.18. The number of carbonyl (C=O) groups is 1. The first-order valence-electron chi connectivity index (χ1n) is 10.6. The molecule has 0 saturated heterocycles. The van der Waals surface area contributed by atoms with E-state index >= 15 is 0 Å². The van der Waals surface area contributed by atoms with Gasteiger partial charge in [0, 0.05) is 18.5 Å². The summed E-state index contributed by atoms with van der Waals surface area (Å²) in [5.74, 6) is 0.0828. The normalized spacial score (nSPS) is 16.0. The molecule has 6 heteroatoms. The number of allylic oxidation sites excluding steroid dienone is 4. The van der Waals surface area contributed by atoms with Gasteiger partial charge in [-0.2, -0.15) is 5.10 Å². The van der Waals surface area contributed by atoms with Crippen molar-refractivity contribution in [2.75, 3.05) is 7.05 Å². The van der Waals surface area contributed by atoms with Crippen molar-refractivity contribution < 1.29 is 9.90 Å². The molecule has 1 aliphatic rings. The summed E-state index contributed by atoms with van der Waals surface area (Å²) in [5.41, 5.74) is 3.87. The lowest BCUT2D eigenvalue weighted by atomic mass is 9.88. The van der Waals surface area contributed by atoms with Gasteiger partial charge in [0.25, 0.3) is 5.91 Å². The molecule has 1 amide bonds. The van der Waals surface area contributed by atoms with Crippen LogP contribution in [0.1, 0.15) is 53.5 Å². The molecule has 164 valence electrons. The second kappa shape index (κ2) is 8.77. The molecule has 1 aliphatic carbocycles. The maximum Gasteiger partial charge on any atom is 0.251 e. The maximum absolute atomic E-state index is 12.0. The van der Waals surface area contributed by atoms with E-state index in [4.69, 9.17) is 11.6 Å². The number of carbonyl (C=O) groups excluding carboxylic acids is 1. The first-order valence-corrected chi connectivity index (χ1v) is 10.9. The molecular formula is C26H26ClN3O2.